The van der Waals surface area contributed by atoms with Gasteiger partial charge in [0.15, 0.2) is 11.5 Å². The predicted molar refractivity (Wildman–Crippen MR) is 115 cm³/mol. The van der Waals surface area contributed by atoms with Gasteiger partial charge in [-0.1, -0.05) is 36.4 Å². The number of rotatable bonds is 4. The third kappa shape index (κ3) is 3.49. The smallest absolute Gasteiger partial charge is 0.293 e. The molecule has 0 aliphatic carbocycles. The summed E-state index contributed by atoms with van der Waals surface area (Å²) in [4.78, 5) is 37.6. The molecule has 31 heavy (non-hydrogen) atoms. The summed E-state index contributed by atoms with van der Waals surface area (Å²) < 4.78 is 10.5. The van der Waals surface area contributed by atoms with Crippen molar-refractivity contribution in [3.63, 3.8) is 0 Å². The van der Waals surface area contributed by atoms with Crippen molar-refractivity contribution in [1.29, 1.82) is 0 Å². The highest BCUT2D eigenvalue weighted by Crippen LogP contribution is 2.41. The van der Waals surface area contributed by atoms with Crippen molar-refractivity contribution >= 4 is 45.4 Å². The van der Waals surface area contributed by atoms with E-state index >= 15 is 0 Å². The molecule has 3 aromatic carbocycles. The molecule has 0 atom stereocenters. The summed E-state index contributed by atoms with van der Waals surface area (Å²) in [6, 6.07) is 16.3. The van der Waals surface area contributed by atoms with Crippen LogP contribution >= 0.6 is 11.8 Å². The molecule has 0 radical (unpaired) electrons. The predicted octanol–water partition coefficient (Wildman–Crippen LogP) is 4.71. The number of thioether (sulfide) groups is 1. The summed E-state index contributed by atoms with van der Waals surface area (Å²) in [5, 5.41) is 13.1. The second-order valence-corrected chi connectivity index (χ2v) is 7.96. The van der Waals surface area contributed by atoms with Crippen LogP contribution in [0.25, 0.3) is 16.8 Å². The van der Waals surface area contributed by atoms with Crippen molar-refractivity contribution < 1.29 is 24.0 Å². The largest absolute Gasteiger partial charge is 0.454 e. The third-order valence-electron chi connectivity index (χ3n) is 5.03. The van der Waals surface area contributed by atoms with E-state index in [-0.39, 0.29) is 35.2 Å². The quantitative estimate of drug-likeness (QED) is 0.333. The Hall–Kier alpha value is -3.85. The Balaban J connectivity index is 1.45. The van der Waals surface area contributed by atoms with Gasteiger partial charge in [0.25, 0.3) is 16.8 Å². The van der Waals surface area contributed by atoms with E-state index < -0.39 is 16.1 Å². The van der Waals surface area contributed by atoms with Gasteiger partial charge in [0, 0.05) is 0 Å². The topological polar surface area (TPSA) is 99.0 Å². The van der Waals surface area contributed by atoms with Gasteiger partial charge < -0.3 is 9.47 Å². The third-order valence-corrected chi connectivity index (χ3v) is 5.94. The second-order valence-electron chi connectivity index (χ2n) is 6.97. The molecule has 0 spiro atoms. The molecule has 154 valence electrons. The molecular weight excluding hydrogens is 420 g/mol. The first-order valence-corrected chi connectivity index (χ1v) is 10.1. The molecule has 1 saturated heterocycles. The summed E-state index contributed by atoms with van der Waals surface area (Å²) >= 11 is 0.757. The van der Waals surface area contributed by atoms with E-state index in [2.05, 4.69) is 0 Å². The first-order valence-electron chi connectivity index (χ1n) is 9.31. The highest BCUT2D eigenvalue weighted by molar-refractivity contribution is 8.18. The minimum absolute atomic E-state index is 0.0295. The molecule has 0 aromatic heterocycles. The Labute approximate surface area is 180 Å². The van der Waals surface area contributed by atoms with Gasteiger partial charge in [-0.3, -0.25) is 24.6 Å². The highest BCUT2D eigenvalue weighted by Gasteiger charge is 2.36. The number of hydrogen-bond acceptors (Lipinski definition) is 7. The van der Waals surface area contributed by atoms with E-state index in [9.17, 15) is 19.7 Å². The fourth-order valence-corrected chi connectivity index (χ4v) is 4.35. The van der Waals surface area contributed by atoms with Gasteiger partial charge in [-0.2, -0.15) is 0 Å². The SMILES string of the molecule is O=C1S/C(=C\c2cc3c(cc2[N+](=O)[O-])OCO3)C(=O)N1Cc1ccc2ccccc2c1. The molecule has 5 rings (SSSR count). The number of carbonyl (C=O) groups is 2. The van der Waals surface area contributed by atoms with Crippen LogP contribution in [-0.2, 0) is 11.3 Å². The van der Waals surface area contributed by atoms with Crippen LogP contribution < -0.4 is 9.47 Å². The van der Waals surface area contributed by atoms with E-state index in [1.54, 1.807) is 0 Å². The zero-order valence-electron chi connectivity index (χ0n) is 15.9. The summed E-state index contributed by atoms with van der Waals surface area (Å²) in [5.41, 5.74) is 0.757. The molecule has 2 aliphatic heterocycles. The number of nitrogens with zero attached hydrogens (tertiary/aromatic N) is 2. The molecule has 1 fully saturated rings. The number of ether oxygens (including phenoxy) is 2. The van der Waals surface area contributed by atoms with Crippen LogP contribution in [0.5, 0.6) is 11.5 Å². The molecule has 2 aliphatic rings. The lowest BCUT2D eigenvalue weighted by molar-refractivity contribution is -0.385. The summed E-state index contributed by atoms with van der Waals surface area (Å²) in [6.45, 7) is 0.0916. The second kappa shape index (κ2) is 7.44. The van der Waals surface area contributed by atoms with Crippen LogP contribution in [0.15, 0.2) is 59.5 Å². The van der Waals surface area contributed by atoms with E-state index in [0.29, 0.717) is 5.75 Å². The molecule has 2 amide bonds. The average molecular weight is 434 g/mol. The maximum atomic E-state index is 12.9. The van der Waals surface area contributed by atoms with Crippen LogP contribution in [-0.4, -0.2) is 27.8 Å². The molecule has 0 bridgehead atoms. The van der Waals surface area contributed by atoms with Crippen LogP contribution in [0.1, 0.15) is 11.1 Å². The van der Waals surface area contributed by atoms with Gasteiger partial charge >= 0.3 is 0 Å². The molecule has 2 heterocycles. The molecular formula is C22H14N2O6S. The molecule has 0 unspecified atom stereocenters. The maximum Gasteiger partial charge on any atom is 0.293 e. The van der Waals surface area contributed by atoms with Crippen molar-refractivity contribution in [2.45, 2.75) is 6.54 Å². The van der Waals surface area contributed by atoms with Gasteiger partial charge in [0.2, 0.25) is 6.79 Å². The lowest BCUT2D eigenvalue weighted by Gasteiger charge is -2.13. The van der Waals surface area contributed by atoms with Crippen molar-refractivity contribution in [2.75, 3.05) is 6.79 Å². The van der Waals surface area contributed by atoms with E-state index in [4.69, 9.17) is 9.47 Å². The van der Waals surface area contributed by atoms with Gasteiger partial charge in [0.05, 0.1) is 28.0 Å². The number of nitro groups is 1. The van der Waals surface area contributed by atoms with Crippen molar-refractivity contribution in [2.24, 2.45) is 0 Å². The van der Waals surface area contributed by atoms with Gasteiger partial charge in [0.1, 0.15) is 0 Å². The van der Waals surface area contributed by atoms with Gasteiger partial charge in [-0.25, -0.2) is 0 Å². The summed E-state index contributed by atoms with van der Waals surface area (Å²) in [6.07, 6.45) is 1.35. The first kappa shape index (κ1) is 19.1. The van der Waals surface area contributed by atoms with Crippen molar-refractivity contribution in [3.05, 3.63) is 80.7 Å². The lowest BCUT2D eigenvalue weighted by atomic mass is 10.1. The Morgan fingerprint density at radius 1 is 1.03 bits per heavy atom. The van der Waals surface area contributed by atoms with E-state index in [1.807, 2.05) is 42.5 Å². The summed E-state index contributed by atoms with van der Waals surface area (Å²) in [7, 11) is 0. The number of nitro benzene ring substituents is 1. The fourth-order valence-electron chi connectivity index (χ4n) is 3.52. The summed E-state index contributed by atoms with van der Waals surface area (Å²) in [5.74, 6) is 0.135. The van der Waals surface area contributed by atoms with Crippen molar-refractivity contribution in [3.8, 4) is 11.5 Å². The average Bonchev–Trinajstić information content (AvgIpc) is 3.32. The standard InChI is InChI=1S/C22H14N2O6S/c25-21-20(9-16-8-18-19(30-12-29-18)10-17(16)24(27)28)31-22(26)23(21)11-13-5-6-14-3-1-2-4-15(14)7-13/h1-10H,11-12H2/b20-9-. The fraction of sp³-hybridized carbons (Fsp3) is 0.0909. The van der Waals surface area contributed by atoms with Gasteiger partial charge in [-0.15, -0.1) is 0 Å². The number of carbonyl (C=O) groups excluding carboxylic acids is 2. The van der Waals surface area contributed by atoms with E-state index in [0.717, 1.165) is 33.0 Å². The molecule has 3 aromatic rings. The molecule has 9 heteroatoms. The Kier molecular flexibility index (Phi) is 4.59. The van der Waals surface area contributed by atoms with Crippen LogP contribution in [0.3, 0.4) is 0 Å². The zero-order chi connectivity index (χ0) is 21.5. The van der Waals surface area contributed by atoms with Gasteiger partial charge in [-0.05, 0) is 46.3 Å². The minimum Gasteiger partial charge on any atom is -0.454 e. The first-order chi connectivity index (χ1) is 15.0. The number of fused-ring (bicyclic) bond motifs is 2. The number of benzene rings is 3. The van der Waals surface area contributed by atoms with Crippen LogP contribution in [0, 0.1) is 10.1 Å². The Morgan fingerprint density at radius 2 is 1.77 bits per heavy atom. The monoisotopic (exact) mass is 434 g/mol. The van der Waals surface area contributed by atoms with Crippen LogP contribution in [0.2, 0.25) is 0 Å². The molecule has 0 N–H and O–H groups in total. The van der Waals surface area contributed by atoms with E-state index in [1.165, 1.54) is 18.2 Å². The Bertz CT molecular complexity index is 1300. The minimum atomic E-state index is -0.562. The number of amides is 2. The Morgan fingerprint density at radius 3 is 2.55 bits per heavy atom. The van der Waals surface area contributed by atoms with Crippen LogP contribution in [0.4, 0.5) is 10.5 Å². The zero-order valence-corrected chi connectivity index (χ0v) is 16.8. The van der Waals surface area contributed by atoms with Crippen molar-refractivity contribution in [1.82, 2.24) is 4.90 Å². The molecule has 0 saturated carbocycles. The maximum absolute atomic E-state index is 12.9. The number of imide groups is 1. The highest BCUT2D eigenvalue weighted by atomic mass is 32.2. The lowest BCUT2D eigenvalue weighted by Crippen LogP contribution is -2.27. The number of hydrogen-bond donors (Lipinski definition) is 0. The molecule has 8 nitrogen and oxygen atoms in total. The normalized spacial score (nSPS) is 16.5.